The van der Waals surface area contributed by atoms with Crippen LogP contribution in [0.1, 0.15) is 90.1 Å². The minimum absolute atomic E-state index is 0.0653. The van der Waals surface area contributed by atoms with Gasteiger partial charge in [0, 0.05) is 36.8 Å². The molecular formula is C63H66N12O10. The molecule has 12 rings (SSSR count). The summed E-state index contributed by atoms with van der Waals surface area (Å²) in [6, 6.07) is 27.7. The largest absolute Gasteiger partial charge is 0.480 e. The minimum Gasteiger partial charge on any atom is -0.480 e. The summed E-state index contributed by atoms with van der Waals surface area (Å²) in [6.45, 7) is 11.7. The molecule has 4 aliphatic heterocycles. The number of hydrogen-bond acceptors (Lipinski definition) is 19. The van der Waals surface area contributed by atoms with Gasteiger partial charge in [-0.1, -0.05) is 137 Å². The Bertz CT molecular complexity index is 3860. The van der Waals surface area contributed by atoms with Crippen molar-refractivity contribution in [2.45, 2.75) is 116 Å². The van der Waals surface area contributed by atoms with Crippen LogP contribution in [-0.2, 0) is 36.8 Å². The highest BCUT2D eigenvalue weighted by atomic mass is 16.5. The lowest BCUT2D eigenvalue weighted by Gasteiger charge is -2.34. The van der Waals surface area contributed by atoms with E-state index in [0.717, 1.165) is 27.8 Å². The molecule has 22 heteroatoms. The molecule has 2 amide bonds. The first kappa shape index (κ1) is 57.2. The molecule has 2 fully saturated rings. The normalized spacial score (nSPS) is 21.7. The van der Waals surface area contributed by atoms with Crippen molar-refractivity contribution in [1.82, 2.24) is 50.1 Å². The summed E-state index contributed by atoms with van der Waals surface area (Å²) in [5, 5.41) is 32.9. The summed E-state index contributed by atoms with van der Waals surface area (Å²) in [5.74, 6) is -0.789. The summed E-state index contributed by atoms with van der Waals surface area (Å²) < 4.78 is 29.7. The number of aliphatic carboxylic acids is 1. The van der Waals surface area contributed by atoms with E-state index < -0.39 is 59.1 Å². The van der Waals surface area contributed by atoms with Gasteiger partial charge in [-0.05, 0) is 71.2 Å². The smallest absolute Gasteiger partial charge is 0.328 e. The van der Waals surface area contributed by atoms with Crippen molar-refractivity contribution in [2.24, 2.45) is 10.8 Å². The molecule has 4 aromatic carbocycles. The Kier molecular flexibility index (Phi) is 16.1. The number of para-hydroxylation sites is 4. The van der Waals surface area contributed by atoms with Crippen molar-refractivity contribution in [3.8, 4) is 34.3 Å². The van der Waals surface area contributed by atoms with Crippen molar-refractivity contribution >= 4 is 70.0 Å². The van der Waals surface area contributed by atoms with Gasteiger partial charge in [0.2, 0.25) is 35.4 Å². The number of amides is 2. The molecule has 8 aromatic rings. The van der Waals surface area contributed by atoms with Crippen molar-refractivity contribution in [3.05, 3.63) is 132 Å². The van der Waals surface area contributed by atoms with Gasteiger partial charge in [0.05, 0.1) is 42.3 Å². The van der Waals surface area contributed by atoms with Gasteiger partial charge in [0.25, 0.3) is 0 Å². The quantitative estimate of drug-likeness (QED) is 0.136. The Balaban J connectivity index is 0.000000177. The van der Waals surface area contributed by atoms with E-state index in [2.05, 4.69) is 37.1 Å². The second-order valence-electron chi connectivity index (χ2n) is 23.6. The Morgan fingerprint density at radius 3 is 1.42 bits per heavy atom. The Labute approximate surface area is 490 Å². The highest BCUT2D eigenvalue weighted by molar-refractivity contribution is 5.91. The Morgan fingerprint density at radius 2 is 1.00 bits per heavy atom. The number of esters is 1. The molecule has 6 atom stereocenters. The zero-order valence-electron chi connectivity index (χ0n) is 48.3. The van der Waals surface area contributed by atoms with Crippen LogP contribution in [0.3, 0.4) is 0 Å². The molecule has 438 valence electrons. The molecule has 3 N–H and O–H groups in total. The Hall–Kier alpha value is -9.60. The molecule has 8 heterocycles. The van der Waals surface area contributed by atoms with E-state index in [1.807, 2.05) is 157 Å². The summed E-state index contributed by atoms with van der Waals surface area (Å²) in [7, 11) is 1.32. The van der Waals surface area contributed by atoms with Crippen molar-refractivity contribution in [2.75, 3.05) is 30.8 Å². The molecule has 85 heavy (non-hydrogen) atoms. The number of carboxylic acid groups (broad SMARTS) is 1. The highest BCUT2D eigenvalue weighted by Crippen LogP contribution is 2.37. The van der Waals surface area contributed by atoms with E-state index in [1.54, 1.807) is 0 Å². The number of allylic oxidation sites excluding steroid dienone is 2. The number of aryl methyl sites for hydroxylation is 2. The van der Waals surface area contributed by atoms with Crippen LogP contribution in [-0.4, -0.2) is 136 Å². The number of nitrogens with zero attached hydrogens (tertiary/aromatic N) is 10. The third kappa shape index (κ3) is 12.8. The summed E-state index contributed by atoms with van der Waals surface area (Å²) in [4.78, 5) is 75.8. The highest BCUT2D eigenvalue weighted by Gasteiger charge is 2.48. The topological polar surface area (TPSA) is 276 Å². The van der Waals surface area contributed by atoms with Gasteiger partial charge in [-0.3, -0.25) is 9.59 Å². The van der Waals surface area contributed by atoms with Crippen LogP contribution in [0.15, 0.2) is 118 Å². The van der Waals surface area contributed by atoms with Crippen LogP contribution in [0.5, 0.6) is 11.8 Å². The first-order chi connectivity index (χ1) is 40.8. The van der Waals surface area contributed by atoms with Gasteiger partial charge in [-0.25, -0.2) is 29.5 Å². The minimum atomic E-state index is -1.10. The molecule has 2 unspecified atom stereocenters. The molecule has 0 saturated carbocycles. The van der Waals surface area contributed by atoms with Crippen LogP contribution >= 0.6 is 0 Å². The van der Waals surface area contributed by atoms with E-state index in [4.69, 9.17) is 43.0 Å². The monoisotopic (exact) mass is 1150 g/mol. The molecule has 2 saturated heterocycles. The first-order valence-electron chi connectivity index (χ1n) is 28.4. The maximum atomic E-state index is 14.1. The van der Waals surface area contributed by atoms with Crippen LogP contribution in [0.25, 0.3) is 56.7 Å². The van der Waals surface area contributed by atoms with Gasteiger partial charge >= 0.3 is 24.0 Å². The van der Waals surface area contributed by atoms with E-state index >= 15 is 0 Å². The maximum Gasteiger partial charge on any atom is 0.328 e. The van der Waals surface area contributed by atoms with Crippen LogP contribution in [0.2, 0.25) is 0 Å². The van der Waals surface area contributed by atoms with E-state index in [0.29, 0.717) is 77.2 Å². The molecule has 4 aliphatic rings. The maximum absolute atomic E-state index is 14.1. The summed E-state index contributed by atoms with van der Waals surface area (Å²) >= 11 is 0. The SMILES string of the molecule is CC(C)(C)[C@@H]1Nc2nnc(o2)CC/C=C/c2cccc(c2)-c2nc3ccccc3nc2OC2C[C@@H](C(=O)O)N(C2)C1=O.COC(=O)[C@@H]1CC2CN1C(=O)[C@H](C(C)(C)C)Nc1nnc(o1)CC/C=C/c1cccc(c1)-c1nc3ccccc3nc1O2. The fourth-order valence-corrected chi connectivity index (χ4v) is 10.8. The van der Waals surface area contributed by atoms with Gasteiger partial charge in [-0.15, -0.1) is 10.2 Å². The number of hydrogen-bond donors (Lipinski definition) is 3. The second kappa shape index (κ2) is 23.9. The second-order valence-corrected chi connectivity index (χ2v) is 23.6. The number of methoxy groups -OCH3 is 1. The van der Waals surface area contributed by atoms with Gasteiger partial charge in [-0.2, -0.15) is 0 Å². The van der Waals surface area contributed by atoms with Crippen molar-refractivity contribution < 1.29 is 47.3 Å². The number of carbonyl (C=O) groups excluding carboxylic acids is 3. The predicted octanol–water partition coefficient (Wildman–Crippen LogP) is 9.29. The molecular weight excluding hydrogens is 1080 g/mol. The molecule has 22 nitrogen and oxygen atoms in total. The van der Waals surface area contributed by atoms with E-state index in [-0.39, 0.29) is 49.8 Å². The summed E-state index contributed by atoms with van der Waals surface area (Å²) in [6.07, 6.45) is 9.69. The lowest BCUT2D eigenvalue weighted by molar-refractivity contribution is -0.151. The zero-order valence-corrected chi connectivity index (χ0v) is 48.3. The number of ether oxygens (including phenoxy) is 3. The number of nitrogens with one attached hydrogen (secondary N) is 2. The average molecular weight is 1150 g/mol. The lowest BCUT2D eigenvalue weighted by atomic mass is 9.85. The van der Waals surface area contributed by atoms with Crippen molar-refractivity contribution in [1.29, 1.82) is 0 Å². The molecule has 0 radical (unpaired) electrons. The van der Waals surface area contributed by atoms with Gasteiger partial charge in [0.1, 0.15) is 47.8 Å². The molecule has 0 spiro atoms. The number of aromatic nitrogens is 8. The number of anilines is 2. The predicted molar refractivity (Wildman–Crippen MR) is 316 cm³/mol. The van der Waals surface area contributed by atoms with Crippen LogP contribution < -0.4 is 20.1 Å². The third-order valence-corrected chi connectivity index (χ3v) is 15.2. The lowest BCUT2D eigenvalue weighted by Crippen LogP contribution is -2.53. The number of fused-ring (bicyclic) bond motifs is 18. The Morgan fingerprint density at radius 1 is 0.576 bits per heavy atom. The fourth-order valence-electron chi connectivity index (χ4n) is 10.8. The number of benzene rings is 4. The van der Waals surface area contributed by atoms with E-state index in [1.165, 1.54) is 16.9 Å². The zero-order chi connectivity index (χ0) is 59.6. The van der Waals surface area contributed by atoms with Gasteiger partial charge in [0.15, 0.2) is 0 Å². The molecule has 12 bridgehead atoms. The molecule has 0 aliphatic carbocycles. The van der Waals surface area contributed by atoms with Crippen LogP contribution in [0.4, 0.5) is 12.0 Å². The number of carboxylic acids is 1. The number of rotatable bonds is 2. The first-order valence-corrected chi connectivity index (χ1v) is 28.4. The van der Waals surface area contributed by atoms with Crippen molar-refractivity contribution in [3.63, 3.8) is 0 Å². The third-order valence-electron chi connectivity index (χ3n) is 15.2. The van der Waals surface area contributed by atoms with Gasteiger partial charge < -0.3 is 48.6 Å². The number of carbonyl (C=O) groups is 4. The van der Waals surface area contributed by atoms with E-state index in [9.17, 15) is 24.3 Å². The molecule has 4 aromatic heterocycles. The average Bonchev–Trinajstić information content (AvgIpc) is 3.92. The summed E-state index contributed by atoms with van der Waals surface area (Å²) in [5.41, 5.74) is 6.35. The van der Waals surface area contributed by atoms with Crippen LogP contribution in [0, 0.1) is 10.8 Å². The standard InChI is InChI=1S/C32H34N6O5.C31H32N6O5/c1-32(2,3)27-29(39)38-18-21(17-24(38)30(40)41-4)42-28-26(33-22-13-6-7-14-23(22)34-28)20-12-9-11-19(16-20)10-5-8-15-25-36-37-31(35-27)43-25;1-31(2,3)26-28(38)37-17-20(16-23(37)29(39)40)41-27-25(32-21-12-5-6-13-22(21)33-27)19-11-8-10-18(15-19)9-4-7-14-24-35-36-30(34-26)42-24/h5-7,9-14,16,21,24,27H,8,15,17-18H2,1-4H3,(H,35,37);4-6,8-13,15,20,23,26H,7,14,16-17H2,1-3H3,(H,34,36)(H,39,40)/b10-5+;9-4+/t21?,24-,27+;20?,23-,26+/m00/s1. The fraction of sp³-hybridized carbons (Fsp3) is 0.365.